The van der Waals surface area contributed by atoms with Crippen molar-refractivity contribution in [2.24, 2.45) is 23.7 Å². The van der Waals surface area contributed by atoms with Gasteiger partial charge in [-0.05, 0) is 43.4 Å². The number of nitrogens with zero attached hydrogens (tertiary/aromatic N) is 2. The molecule has 2 aliphatic heterocycles. The van der Waals surface area contributed by atoms with Crippen molar-refractivity contribution in [2.45, 2.75) is 31.1 Å². The van der Waals surface area contributed by atoms with Crippen LogP contribution in [0.15, 0.2) is 78.4 Å². The van der Waals surface area contributed by atoms with E-state index in [1.54, 1.807) is 18.2 Å². The fraction of sp³-hybridized carbons (Fsp3) is 0.333. The minimum absolute atomic E-state index is 0.168. The largest absolute Gasteiger partial charge is 0.507 e. The number of anilines is 1. The number of nitrogens with one attached hydrogen (secondary N) is 1. The second kappa shape index (κ2) is 10.8. The second-order valence-electron chi connectivity index (χ2n) is 12.6. The summed E-state index contributed by atoms with van der Waals surface area (Å²) in [5.74, 6) is -4.66. The lowest BCUT2D eigenvalue weighted by molar-refractivity contribution is -0.140. The molecule has 10 heteroatoms. The highest BCUT2D eigenvalue weighted by atomic mass is 16.5. The van der Waals surface area contributed by atoms with Gasteiger partial charge in [-0.2, -0.15) is 5.01 Å². The van der Waals surface area contributed by atoms with Gasteiger partial charge in [0.25, 0.3) is 11.8 Å². The number of fused-ring (bicyclic) bond motifs is 4. The number of amides is 4. The van der Waals surface area contributed by atoms with Crippen LogP contribution in [0.4, 0.5) is 5.69 Å². The van der Waals surface area contributed by atoms with Gasteiger partial charge in [0.2, 0.25) is 11.8 Å². The van der Waals surface area contributed by atoms with Crippen LogP contribution in [0.5, 0.6) is 17.2 Å². The zero-order valence-electron chi connectivity index (χ0n) is 26.0. The molecule has 1 saturated carbocycles. The Labute approximate surface area is 266 Å². The number of carbonyl (C=O) groups excluding carboxylic acids is 4. The number of rotatable bonds is 6. The number of likely N-dealkylation sites (tertiary alicyclic amines) is 1. The average molecular weight is 622 g/mol. The molecule has 236 valence electrons. The van der Waals surface area contributed by atoms with Crippen molar-refractivity contribution < 1.29 is 33.8 Å². The Bertz CT molecular complexity index is 1800. The summed E-state index contributed by atoms with van der Waals surface area (Å²) >= 11 is 0. The van der Waals surface area contributed by atoms with E-state index >= 15 is 4.79 Å². The van der Waals surface area contributed by atoms with Gasteiger partial charge in [0.15, 0.2) is 0 Å². The number of methoxy groups -OCH3 is 2. The highest BCUT2D eigenvalue weighted by Crippen LogP contribution is 2.66. The number of benzene rings is 3. The number of hydrogen-bond acceptors (Lipinski definition) is 8. The molecule has 4 aliphatic rings. The molecular weight excluding hydrogens is 586 g/mol. The highest BCUT2D eigenvalue weighted by Gasteiger charge is 2.70. The first-order chi connectivity index (χ1) is 22.1. The molecule has 2 N–H and O–H groups in total. The predicted molar refractivity (Wildman–Crippen MR) is 168 cm³/mol. The topological polar surface area (TPSA) is 125 Å². The molecule has 0 aromatic heterocycles. The summed E-state index contributed by atoms with van der Waals surface area (Å²) in [7, 11) is 4.44. The number of hydrogen-bond donors (Lipinski definition) is 2. The molecule has 46 heavy (non-hydrogen) atoms. The number of aryl methyl sites for hydroxylation is 1. The van der Waals surface area contributed by atoms with Crippen molar-refractivity contribution in [3.63, 3.8) is 0 Å². The van der Waals surface area contributed by atoms with Gasteiger partial charge in [-0.25, -0.2) is 0 Å². The van der Waals surface area contributed by atoms with Crippen LogP contribution in [0.3, 0.4) is 0 Å². The van der Waals surface area contributed by atoms with Gasteiger partial charge >= 0.3 is 0 Å². The molecule has 0 radical (unpaired) electrons. The Balaban J connectivity index is 1.51. The van der Waals surface area contributed by atoms with Crippen LogP contribution in [0.1, 0.15) is 35.4 Å². The molecule has 0 spiro atoms. The van der Waals surface area contributed by atoms with Gasteiger partial charge in [0.05, 0.1) is 43.1 Å². The highest BCUT2D eigenvalue weighted by molar-refractivity contribution is 6.13. The maximum Gasteiger partial charge on any atom is 0.260 e. The van der Waals surface area contributed by atoms with Crippen LogP contribution in [0.2, 0.25) is 0 Å². The number of ether oxygens (including phenoxy) is 2. The average Bonchev–Trinajstić information content (AvgIpc) is 3.42. The van der Waals surface area contributed by atoms with Crippen molar-refractivity contribution in [3.8, 4) is 17.2 Å². The van der Waals surface area contributed by atoms with Gasteiger partial charge in [-0.1, -0.05) is 59.7 Å². The van der Waals surface area contributed by atoms with E-state index in [0.717, 1.165) is 16.1 Å². The number of allylic oxidation sites excluding steroid dienone is 2. The molecule has 10 nitrogen and oxygen atoms in total. The second-order valence-corrected chi connectivity index (χ2v) is 12.6. The van der Waals surface area contributed by atoms with Crippen LogP contribution >= 0.6 is 0 Å². The molecule has 3 aromatic rings. The van der Waals surface area contributed by atoms with Crippen molar-refractivity contribution in [1.82, 2.24) is 9.91 Å². The molecule has 4 amide bonds. The summed E-state index contributed by atoms with van der Waals surface area (Å²) in [6, 6.07) is 19.6. The summed E-state index contributed by atoms with van der Waals surface area (Å²) in [5, 5.41) is 12.8. The molecule has 0 bridgehead atoms. The lowest BCUT2D eigenvalue weighted by Crippen LogP contribution is -2.53. The molecular formula is C36H35N3O7. The Kier molecular flexibility index (Phi) is 6.91. The maximum absolute atomic E-state index is 15.2. The monoisotopic (exact) mass is 621 g/mol. The van der Waals surface area contributed by atoms with Crippen LogP contribution in [0, 0.1) is 30.6 Å². The molecule has 2 heterocycles. The first-order valence-electron chi connectivity index (χ1n) is 15.4. The van der Waals surface area contributed by atoms with Gasteiger partial charge in [0.1, 0.15) is 17.2 Å². The third kappa shape index (κ3) is 4.01. The molecule has 6 atom stereocenters. The Hall–Kier alpha value is -5.12. The molecule has 6 unspecified atom stereocenters. The SMILES string of the molecule is COc1cc(O)c(C2C3=CCC4C(=O)N(C)C(=O)C4C3CC3C(=O)N(Nc4ccc(C)cc4)C(=O)C32c2ccccc2)c(OC)c1. The van der Waals surface area contributed by atoms with Crippen molar-refractivity contribution in [3.05, 3.63) is 95.1 Å². The zero-order chi connectivity index (χ0) is 32.5. The summed E-state index contributed by atoms with van der Waals surface area (Å²) in [4.78, 5) is 57.8. The van der Waals surface area contributed by atoms with E-state index < -0.39 is 46.8 Å². The van der Waals surface area contributed by atoms with Gasteiger partial charge in [0, 0.05) is 30.7 Å². The standard InChI is InChI=1S/C36H35N3O7/c1-19-10-12-21(13-11-19)37-39-33(42)26-18-25-23(14-15-24-29(25)34(43)38(2)32(24)41)31(30-27(40)16-22(45-3)17-28(30)46-4)36(26,35(39)44)20-8-6-5-7-9-20/h5-14,16-17,24-26,29,31,37,40H,15,18H2,1-4H3. The van der Waals surface area contributed by atoms with Crippen molar-refractivity contribution in [1.29, 1.82) is 0 Å². The number of phenols is 1. The normalized spacial score (nSPS) is 28.4. The first-order valence-corrected chi connectivity index (χ1v) is 15.4. The van der Waals surface area contributed by atoms with E-state index in [9.17, 15) is 19.5 Å². The fourth-order valence-corrected chi connectivity index (χ4v) is 8.38. The number of hydrazine groups is 1. The van der Waals surface area contributed by atoms with E-state index in [4.69, 9.17) is 9.47 Å². The first kappa shape index (κ1) is 29.6. The lowest BCUT2D eigenvalue weighted by Gasteiger charge is -2.50. The van der Waals surface area contributed by atoms with E-state index in [0.29, 0.717) is 29.0 Å². The summed E-state index contributed by atoms with van der Waals surface area (Å²) in [6.45, 7) is 1.95. The maximum atomic E-state index is 15.2. The van der Waals surface area contributed by atoms with Crippen LogP contribution < -0.4 is 14.9 Å². The molecule has 3 fully saturated rings. The summed E-state index contributed by atoms with van der Waals surface area (Å²) in [5.41, 5.74) is 4.77. The third-order valence-corrected chi connectivity index (χ3v) is 10.5. The third-order valence-electron chi connectivity index (χ3n) is 10.5. The quantitative estimate of drug-likeness (QED) is 0.308. The van der Waals surface area contributed by atoms with Gasteiger partial charge in [-0.15, -0.1) is 0 Å². The van der Waals surface area contributed by atoms with E-state index in [1.165, 1.54) is 32.2 Å². The van der Waals surface area contributed by atoms with E-state index in [1.807, 2.05) is 55.5 Å². The Morgan fingerprint density at radius 1 is 0.891 bits per heavy atom. The summed E-state index contributed by atoms with van der Waals surface area (Å²) < 4.78 is 11.3. The van der Waals surface area contributed by atoms with Crippen molar-refractivity contribution >= 4 is 29.3 Å². The zero-order valence-corrected chi connectivity index (χ0v) is 26.0. The van der Waals surface area contributed by atoms with Crippen molar-refractivity contribution in [2.75, 3.05) is 26.7 Å². The lowest BCUT2D eigenvalue weighted by atomic mass is 9.49. The predicted octanol–water partition coefficient (Wildman–Crippen LogP) is 4.33. The molecule has 2 aliphatic carbocycles. The molecule has 2 saturated heterocycles. The minimum Gasteiger partial charge on any atom is -0.507 e. The number of aromatic hydroxyl groups is 1. The smallest absolute Gasteiger partial charge is 0.260 e. The number of imide groups is 2. The Morgan fingerprint density at radius 2 is 1.61 bits per heavy atom. The molecule has 3 aromatic carbocycles. The summed E-state index contributed by atoms with van der Waals surface area (Å²) in [6.07, 6.45) is 2.41. The Morgan fingerprint density at radius 3 is 2.28 bits per heavy atom. The minimum atomic E-state index is -1.53. The van der Waals surface area contributed by atoms with Crippen LogP contribution in [0.25, 0.3) is 0 Å². The van der Waals surface area contributed by atoms with E-state index in [-0.39, 0.29) is 29.7 Å². The fourth-order valence-electron chi connectivity index (χ4n) is 8.38. The van der Waals surface area contributed by atoms with Crippen LogP contribution in [-0.2, 0) is 24.6 Å². The van der Waals surface area contributed by atoms with Gasteiger partial charge in [-0.3, -0.25) is 29.5 Å². The number of carbonyl (C=O) groups is 4. The van der Waals surface area contributed by atoms with E-state index in [2.05, 4.69) is 5.43 Å². The van der Waals surface area contributed by atoms with Gasteiger partial charge < -0.3 is 14.6 Å². The molecule has 7 rings (SSSR count). The van der Waals surface area contributed by atoms with Crippen LogP contribution in [-0.4, -0.2) is 59.9 Å². The number of phenolic OH excluding ortho intramolecular Hbond substituents is 1.